The molecule has 0 saturated carbocycles. The number of carboxylic acid groups (broad SMARTS) is 1. The molecule has 0 amide bonds. The molecule has 2 heterocycles. The average Bonchev–Trinajstić information content (AvgIpc) is 3.51. The molecule has 3 aromatic rings. The van der Waals surface area contributed by atoms with Crippen LogP contribution in [0.5, 0.6) is 0 Å². The van der Waals surface area contributed by atoms with Crippen molar-refractivity contribution in [1.82, 2.24) is 9.88 Å². The van der Waals surface area contributed by atoms with Crippen LogP contribution in [0.15, 0.2) is 40.1 Å². The number of rotatable bonds is 7. The van der Waals surface area contributed by atoms with E-state index in [-0.39, 0.29) is 41.6 Å². The maximum Gasteiger partial charge on any atom is 0.290 e. The lowest BCUT2D eigenvalue weighted by Gasteiger charge is -2.29. The Morgan fingerprint density at radius 3 is 2.57 bits per heavy atom. The van der Waals surface area contributed by atoms with Gasteiger partial charge in [-0.05, 0) is 25.5 Å². The van der Waals surface area contributed by atoms with Crippen molar-refractivity contribution in [2.24, 2.45) is 0 Å². The fraction of sp³-hybridized carbons (Fsp3) is 0.333. The maximum absolute atomic E-state index is 15.2. The molecule has 1 atom stereocenters. The largest absolute Gasteiger partial charge is 0.483 e. The van der Waals surface area contributed by atoms with E-state index < -0.39 is 43.8 Å². The molecule has 1 fully saturated rings. The molecule has 1 aliphatic rings. The number of nitrogens with zero attached hydrogens (tertiary/aromatic N) is 3. The number of sulfone groups is 1. The van der Waals surface area contributed by atoms with Gasteiger partial charge in [0.25, 0.3) is 6.47 Å². The number of hydrogen-bond donors (Lipinski definition) is 1. The first-order valence-corrected chi connectivity index (χ1v) is 13.6. The van der Waals surface area contributed by atoms with Gasteiger partial charge in [-0.15, -0.1) is 11.3 Å². The number of anilines is 1. The highest BCUT2D eigenvalue weighted by molar-refractivity contribution is 7.90. The maximum atomic E-state index is 15.2. The Balaban J connectivity index is 0.00000121. The Bertz CT molecular complexity index is 1350. The first kappa shape index (κ1) is 28.5. The smallest absolute Gasteiger partial charge is 0.290 e. The minimum absolute atomic E-state index is 0.0235. The van der Waals surface area contributed by atoms with Crippen molar-refractivity contribution in [2.45, 2.75) is 36.6 Å². The van der Waals surface area contributed by atoms with Crippen molar-refractivity contribution >= 4 is 33.3 Å². The molecule has 0 spiro atoms. The van der Waals surface area contributed by atoms with Gasteiger partial charge in [0.1, 0.15) is 16.5 Å². The highest BCUT2D eigenvalue weighted by atomic mass is 32.2. The van der Waals surface area contributed by atoms with Gasteiger partial charge in [0, 0.05) is 54.9 Å². The van der Waals surface area contributed by atoms with Crippen LogP contribution in [0.25, 0.3) is 0 Å². The number of likely N-dealkylation sites (N-methyl/N-ethyl adjacent to an activating group) is 1. The van der Waals surface area contributed by atoms with Gasteiger partial charge in [0.2, 0.25) is 0 Å². The molecular formula is C24H25F4N3O4S2. The minimum atomic E-state index is -4.28. The van der Waals surface area contributed by atoms with Crippen molar-refractivity contribution < 1.29 is 35.9 Å². The van der Waals surface area contributed by atoms with E-state index in [2.05, 4.69) is 4.98 Å². The number of halogens is 4. The summed E-state index contributed by atoms with van der Waals surface area (Å²) in [5.74, 6) is -4.65. The predicted molar refractivity (Wildman–Crippen MR) is 131 cm³/mol. The molecular weight excluding hydrogens is 534 g/mol. The predicted octanol–water partition coefficient (Wildman–Crippen LogP) is 4.39. The molecule has 37 heavy (non-hydrogen) atoms. The zero-order chi connectivity index (χ0) is 27.3. The normalized spacial score (nSPS) is 15.8. The van der Waals surface area contributed by atoms with Gasteiger partial charge in [0.05, 0.1) is 17.0 Å². The van der Waals surface area contributed by atoms with E-state index in [0.29, 0.717) is 19.5 Å². The summed E-state index contributed by atoms with van der Waals surface area (Å²) >= 11 is 1.20. The minimum Gasteiger partial charge on any atom is -0.483 e. The number of likely N-dealkylation sites (tertiary alicyclic amines) is 1. The summed E-state index contributed by atoms with van der Waals surface area (Å²) in [6, 6.07) is 4.93. The molecule has 0 bridgehead atoms. The molecule has 0 radical (unpaired) electrons. The van der Waals surface area contributed by atoms with E-state index in [9.17, 15) is 21.6 Å². The van der Waals surface area contributed by atoms with E-state index in [4.69, 9.17) is 9.90 Å². The van der Waals surface area contributed by atoms with E-state index in [0.717, 1.165) is 12.1 Å². The Morgan fingerprint density at radius 1 is 1.22 bits per heavy atom. The molecule has 1 saturated heterocycles. The lowest BCUT2D eigenvalue weighted by molar-refractivity contribution is -0.122. The summed E-state index contributed by atoms with van der Waals surface area (Å²) in [5, 5.41) is 8.41. The van der Waals surface area contributed by atoms with Gasteiger partial charge in [-0.1, -0.05) is 12.1 Å². The molecule has 2 aromatic carbocycles. The van der Waals surface area contributed by atoms with Crippen LogP contribution in [0.1, 0.15) is 23.2 Å². The third kappa shape index (κ3) is 6.46. The SMILES string of the molecule is Cc1c(N(C)[C@H]2CCN(Cc3cccc(F)c3F)C2)cc(F)c(S(=O)(=O)Cc2cscn2)c1F.O=CO. The molecule has 0 aliphatic carbocycles. The number of carbonyl (C=O) groups is 1. The molecule has 7 nitrogen and oxygen atoms in total. The average molecular weight is 560 g/mol. The molecule has 4 rings (SSSR count). The lowest BCUT2D eigenvalue weighted by atomic mass is 10.1. The monoisotopic (exact) mass is 559 g/mol. The van der Waals surface area contributed by atoms with E-state index >= 15 is 4.39 Å². The highest BCUT2D eigenvalue weighted by Crippen LogP contribution is 2.33. The molecule has 200 valence electrons. The molecule has 1 aromatic heterocycles. The highest BCUT2D eigenvalue weighted by Gasteiger charge is 2.32. The second kappa shape index (κ2) is 12.0. The summed E-state index contributed by atoms with van der Waals surface area (Å²) in [6.45, 7) is 2.44. The first-order chi connectivity index (χ1) is 17.5. The number of benzene rings is 2. The quantitative estimate of drug-likeness (QED) is 0.339. The van der Waals surface area contributed by atoms with Crippen molar-refractivity contribution in [3.63, 3.8) is 0 Å². The fourth-order valence-corrected chi connectivity index (χ4v) is 6.43. The Kier molecular flexibility index (Phi) is 9.26. The zero-order valence-corrected chi connectivity index (χ0v) is 21.6. The number of hydrogen-bond acceptors (Lipinski definition) is 7. The van der Waals surface area contributed by atoms with Crippen LogP contribution in [-0.4, -0.2) is 56.1 Å². The third-order valence-corrected chi connectivity index (χ3v) is 8.43. The standard InChI is InChI=1S/C23H23F4N3O2S2.CH2O2/c1-14-20(8-19(25)23(21(14)26)34(31,32)12-16-11-33-13-28-16)29(2)17-6-7-30(10-17)9-15-4-3-5-18(24)22(15)27;2-1-3/h3-5,8,11,13,17H,6-7,9-10,12H2,1-2H3;1H,(H,2,3)/t17-;/m0./s1. The summed E-state index contributed by atoms with van der Waals surface area (Å²) < 4.78 is 83.1. The summed E-state index contributed by atoms with van der Waals surface area (Å²) in [4.78, 5) is 14.9. The third-order valence-electron chi connectivity index (χ3n) is 6.13. The fourth-order valence-electron chi connectivity index (χ4n) is 4.29. The molecule has 0 unspecified atom stereocenters. The number of aromatic nitrogens is 1. The van der Waals surface area contributed by atoms with Crippen molar-refractivity contribution in [3.05, 3.63) is 75.2 Å². The van der Waals surface area contributed by atoms with Gasteiger partial charge in [-0.2, -0.15) is 0 Å². The van der Waals surface area contributed by atoms with Gasteiger partial charge in [0.15, 0.2) is 21.5 Å². The second-order valence-corrected chi connectivity index (χ2v) is 11.1. The molecule has 1 N–H and O–H groups in total. The van der Waals surface area contributed by atoms with Gasteiger partial charge < -0.3 is 10.0 Å². The van der Waals surface area contributed by atoms with Crippen molar-refractivity contribution in [2.75, 3.05) is 25.0 Å². The van der Waals surface area contributed by atoms with Crippen LogP contribution in [0.3, 0.4) is 0 Å². The van der Waals surface area contributed by atoms with Crippen LogP contribution < -0.4 is 4.90 Å². The molecule has 1 aliphatic heterocycles. The first-order valence-electron chi connectivity index (χ1n) is 11.0. The zero-order valence-electron chi connectivity index (χ0n) is 20.0. The van der Waals surface area contributed by atoms with Gasteiger partial charge in [-0.25, -0.2) is 31.0 Å². The summed E-state index contributed by atoms with van der Waals surface area (Å²) in [5.41, 5.74) is 2.19. The number of thiazole rings is 1. The van der Waals surface area contributed by atoms with E-state index in [1.54, 1.807) is 11.9 Å². The molecule has 13 heteroatoms. The van der Waals surface area contributed by atoms with Gasteiger partial charge >= 0.3 is 0 Å². The van der Waals surface area contributed by atoms with E-state index in [1.807, 2.05) is 4.90 Å². The van der Waals surface area contributed by atoms with Crippen LogP contribution in [0.2, 0.25) is 0 Å². The summed E-state index contributed by atoms with van der Waals surface area (Å²) in [7, 11) is -2.60. The van der Waals surface area contributed by atoms with Crippen LogP contribution in [-0.2, 0) is 26.9 Å². The van der Waals surface area contributed by atoms with Crippen molar-refractivity contribution in [3.8, 4) is 0 Å². The Hall–Kier alpha value is -3.03. The van der Waals surface area contributed by atoms with Crippen LogP contribution in [0.4, 0.5) is 23.2 Å². The lowest BCUT2D eigenvalue weighted by Crippen LogP contribution is -2.35. The van der Waals surface area contributed by atoms with Crippen LogP contribution in [0, 0.1) is 30.2 Å². The van der Waals surface area contributed by atoms with Crippen molar-refractivity contribution in [1.29, 1.82) is 0 Å². The topological polar surface area (TPSA) is 90.8 Å². The van der Waals surface area contributed by atoms with Crippen LogP contribution >= 0.6 is 11.3 Å². The van der Waals surface area contributed by atoms with Gasteiger partial charge in [-0.3, -0.25) is 9.69 Å². The van der Waals surface area contributed by atoms with E-state index in [1.165, 1.54) is 41.3 Å². The Labute approximate surface area is 215 Å². The second-order valence-electron chi connectivity index (χ2n) is 8.49. The Morgan fingerprint density at radius 2 is 1.92 bits per heavy atom. The summed E-state index contributed by atoms with van der Waals surface area (Å²) in [6.07, 6.45) is 0.639.